The Balaban J connectivity index is 0.00000132. The number of amides is 1. The first-order valence-electron chi connectivity index (χ1n) is 13.3. The first-order chi connectivity index (χ1) is 17.8. The predicted octanol–water partition coefficient (Wildman–Crippen LogP) is 6.13. The lowest BCUT2D eigenvalue weighted by atomic mass is 9.88. The van der Waals surface area contributed by atoms with Crippen molar-refractivity contribution in [2.75, 3.05) is 19.0 Å². The Morgan fingerprint density at radius 1 is 1.29 bits per heavy atom. The van der Waals surface area contributed by atoms with Crippen molar-refractivity contribution in [2.45, 2.75) is 92.5 Å². The van der Waals surface area contributed by atoms with Gasteiger partial charge in [-0.3, -0.25) is 19.0 Å². The first-order valence-corrected chi connectivity index (χ1v) is 13.3. The zero-order valence-corrected chi connectivity index (χ0v) is 24.4. The van der Waals surface area contributed by atoms with Gasteiger partial charge in [0, 0.05) is 47.5 Å². The van der Waals surface area contributed by atoms with Gasteiger partial charge in [0.15, 0.2) is 11.6 Å². The molecule has 1 aromatic rings. The predicted molar refractivity (Wildman–Crippen MR) is 153 cm³/mol. The van der Waals surface area contributed by atoms with Gasteiger partial charge in [-0.05, 0) is 18.9 Å². The van der Waals surface area contributed by atoms with Gasteiger partial charge in [-0.15, -0.1) is 0 Å². The van der Waals surface area contributed by atoms with Gasteiger partial charge in [-0.1, -0.05) is 68.4 Å². The number of anilines is 1. The molecule has 5 N–H and O–H groups in total. The largest absolute Gasteiger partial charge is 0.402 e. The second-order valence-electron chi connectivity index (χ2n) is 9.87. The molecule has 214 valence electrons. The lowest BCUT2D eigenvalue weighted by molar-refractivity contribution is -0.117. The van der Waals surface area contributed by atoms with E-state index in [-0.39, 0.29) is 34.7 Å². The number of aromatic nitrogens is 1. The smallest absolute Gasteiger partial charge is 0.258 e. The van der Waals surface area contributed by atoms with Gasteiger partial charge >= 0.3 is 0 Å². The molecule has 1 atom stereocenters. The zero-order valence-electron chi connectivity index (χ0n) is 24.4. The van der Waals surface area contributed by atoms with E-state index in [1.165, 1.54) is 26.1 Å². The average Bonchev–Trinajstić information content (AvgIpc) is 2.90. The highest BCUT2D eigenvalue weighted by Crippen LogP contribution is 2.32. The third-order valence-electron chi connectivity index (χ3n) is 6.18. The molecule has 1 unspecified atom stereocenters. The Morgan fingerprint density at radius 2 is 1.87 bits per heavy atom. The summed E-state index contributed by atoms with van der Waals surface area (Å²) >= 11 is 0. The summed E-state index contributed by atoms with van der Waals surface area (Å²) in [6.45, 7) is 17.5. The molecule has 7 nitrogen and oxygen atoms in total. The van der Waals surface area contributed by atoms with Crippen molar-refractivity contribution in [3.05, 3.63) is 47.2 Å². The third-order valence-corrected chi connectivity index (χ3v) is 6.18. The van der Waals surface area contributed by atoms with Gasteiger partial charge < -0.3 is 21.8 Å². The summed E-state index contributed by atoms with van der Waals surface area (Å²) in [5.41, 5.74) is 12.2. The van der Waals surface area contributed by atoms with E-state index in [1.54, 1.807) is 4.90 Å². The minimum Gasteiger partial charge on any atom is -0.402 e. The minimum atomic E-state index is -1.14. The maximum Gasteiger partial charge on any atom is 0.258 e. The van der Waals surface area contributed by atoms with Crippen LogP contribution in [0.5, 0.6) is 0 Å². The van der Waals surface area contributed by atoms with Crippen LogP contribution in [0.1, 0.15) is 97.1 Å². The van der Waals surface area contributed by atoms with Crippen LogP contribution < -0.4 is 11.5 Å². The summed E-state index contributed by atoms with van der Waals surface area (Å²) in [7, 11) is 0. The fourth-order valence-electron chi connectivity index (χ4n) is 3.95. The van der Waals surface area contributed by atoms with Crippen LogP contribution in [0.25, 0.3) is 0 Å². The van der Waals surface area contributed by atoms with Crippen molar-refractivity contribution in [1.82, 2.24) is 9.88 Å². The topological polar surface area (TPSA) is 126 Å². The summed E-state index contributed by atoms with van der Waals surface area (Å²) < 4.78 is 28.1. The van der Waals surface area contributed by atoms with Crippen molar-refractivity contribution in [1.29, 1.82) is 5.41 Å². The molecule has 38 heavy (non-hydrogen) atoms. The van der Waals surface area contributed by atoms with Gasteiger partial charge in [0.25, 0.3) is 5.91 Å². The zero-order chi connectivity index (χ0) is 29.8. The Hall–Kier alpha value is -3.10. The summed E-state index contributed by atoms with van der Waals surface area (Å²) in [6, 6.07) is -0.375. The number of nitrogens with one attached hydrogen (secondary N) is 1. The number of hydrogen-bond acceptors (Lipinski definition) is 6. The van der Waals surface area contributed by atoms with E-state index in [0.29, 0.717) is 42.8 Å². The molecule has 1 aromatic heterocycles. The van der Waals surface area contributed by atoms with Gasteiger partial charge in [0.1, 0.15) is 6.67 Å². The summed E-state index contributed by atoms with van der Waals surface area (Å²) in [5.74, 6) is -1.10. The second-order valence-corrected chi connectivity index (χ2v) is 9.87. The molecular formula is C29H47F2N5O2. The summed E-state index contributed by atoms with van der Waals surface area (Å²) in [5, 5.41) is 8.37. The van der Waals surface area contributed by atoms with E-state index in [0.717, 1.165) is 6.42 Å². The number of pyridine rings is 1. The highest BCUT2D eigenvalue weighted by molar-refractivity contribution is 6.03. The number of halogens is 2. The van der Waals surface area contributed by atoms with Crippen LogP contribution in [0.15, 0.2) is 30.1 Å². The molecule has 9 heteroatoms. The molecule has 2 heterocycles. The van der Waals surface area contributed by atoms with Crippen molar-refractivity contribution < 1.29 is 18.4 Å². The van der Waals surface area contributed by atoms with Crippen molar-refractivity contribution in [2.24, 2.45) is 11.7 Å². The normalized spacial score (nSPS) is 15.2. The van der Waals surface area contributed by atoms with Crippen LogP contribution >= 0.6 is 0 Å². The summed E-state index contributed by atoms with van der Waals surface area (Å²) in [4.78, 5) is 29.2. The van der Waals surface area contributed by atoms with E-state index >= 15 is 0 Å². The van der Waals surface area contributed by atoms with E-state index in [9.17, 15) is 18.4 Å². The van der Waals surface area contributed by atoms with Gasteiger partial charge in [0.05, 0.1) is 23.0 Å². The summed E-state index contributed by atoms with van der Waals surface area (Å²) in [6.07, 6.45) is 4.94. The number of carbonyl (C=O) groups excluding carboxylic acids is 2. The minimum absolute atomic E-state index is 0.0544. The lowest BCUT2D eigenvalue weighted by Crippen LogP contribution is -2.47. The van der Waals surface area contributed by atoms with E-state index in [1.807, 2.05) is 41.5 Å². The highest BCUT2D eigenvalue weighted by atomic mass is 19.1. The number of ketones is 1. The van der Waals surface area contributed by atoms with E-state index < -0.39 is 23.8 Å². The number of carbonyl (C=O) groups is 2. The van der Waals surface area contributed by atoms with Crippen LogP contribution in [-0.2, 0) is 10.2 Å². The molecule has 0 bridgehead atoms. The van der Waals surface area contributed by atoms with E-state index in [4.69, 9.17) is 16.9 Å². The van der Waals surface area contributed by atoms with E-state index in [2.05, 4.69) is 11.6 Å². The van der Waals surface area contributed by atoms with Crippen molar-refractivity contribution in [3.8, 4) is 0 Å². The molecule has 0 fully saturated rings. The molecule has 0 radical (unpaired) electrons. The quantitative estimate of drug-likeness (QED) is 0.259. The van der Waals surface area contributed by atoms with Gasteiger partial charge in [0.2, 0.25) is 0 Å². The molecule has 0 saturated heterocycles. The maximum absolute atomic E-state index is 14.8. The highest BCUT2D eigenvalue weighted by Gasteiger charge is 2.35. The molecule has 1 amide bonds. The number of nitrogen functional groups attached to an aromatic ring is 1. The average molecular weight is 536 g/mol. The van der Waals surface area contributed by atoms with Crippen LogP contribution in [-0.4, -0.2) is 46.5 Å². The Kier molecular flexibility index (Phi) is 14.7. The lowest BCUT2D eigenvalue weighted by Gasteiger charge is -2.38. The molecule has 0 saturated carbocycles. The first kappa shape index (κ1) is 34.9. The molecule has 1 aliphatic heterocycles. The Morgan fingerprint density at radius 3 is 2.29 bits per heavy atom. The number of allylic oxidation sites excluding steroid dienone is 1. The fourth-order valence-corrected chi connectivity index (χ4v) is 3.95. The number of rotatable bonds is 9. The molecule has 0 aromatic carbocycles. The van der Waals surface area contributed by atoms with Crippen LogP contribution in [0.4, 0.5) is 14.5 Å². The number of nitrogens with zero attached hydrogens (tertiary/aromatic N) is 2. The molecule has 2 rings (SSSR count). The Labute approximate surface area is 227 Å². The standard InChI is InChI=1S/C21H31F2N5O.C6H10O.C2H6/c1-5-7-13(24)16-14(25)8-9-28(15(16)6-2)20(29)12-10-27-19(17(23)18(12)26)21(3,4)11-22;1-4-6(7)5(2)3;1-2/h10,15,24H,5-9,11,25H2,1-4H3,(H2,26,27);4-5H,1H2,2-3H3;1-2H3. The monoisotopic (exact) mass is 535 g/mol. The molecule has 0 aliphatic carbocycles. The van der Waals surface area contributed by atoms with Crippen LogP contribution in [0.2, 0.25) is 0 Å². The van der Waals surface area contributed by atoms with Crippen LogP contribution in [0, 0.1) is 17.1 Å². The van der Waals surface area contributed by atoms with Crippen LogP contribution in [0.3, 0.4) is 0 Å². The number of nitrogens with two attached hydrogens (primary N) is 2. The second kappa shape index (κ2) is 16.0. The molecule has 1 aliphatic rings. The number of hydrogen-bond donors (Lipinski definition) is 3. The maximum atomic E-state index is 14.8. The SMILES string of the molecule is C=CC(=O)C(C)C.CC.CCCC(=N)C1=C(N)CCN(C(=O)c2cnc(C(C)(C)CF)c(F)c2N)C1CC. The van der Waals surface area contributed by atoms with Gasteiger partial charge in [-0.2, -0.15) is 0 Å². The Bertz CT molecular complexity index is 1020. The van der Waals surface area contributed by atoms with Gasteiger partial charge in [-0.25, -0.2) is 4.39 Å². The number of alkyl halides is 1. The molecular weight excluding hydrogens is 488 g/mol. The third kappa shape index (κ3) is 8.46. The van der Waals surface area contributed by atoms with Crippen molar-refractivity contribution >= 4 is 23.1 Å². The molecule has 0 spiro atoms. The fraction of sp³-hybridized carbons (Fsp3) is 0.586. The van der Waals surface area contributed by atoms with Crippen molar-refractivity contribution in [3.63, 3.8) is 0 Å².